The Morgan fingerprint density at radius 3 is 2.55 bits per heavy atom. The number of nitrogens with zero attached hydrogens (tertiary/aromatic N) is 5. The van der Waals surface area contributed by atoms with Gasteiger partial charge in [-0.3, -0.25) is 15.0 Å². The minimum Gasteiger partial charge on any atom is -0.338 e. The molecule has 2 fully saturated rings. The second-order valence-electron chi connectivity index (χ2n) is 5.42. The molecule has 0 unspecified atom stereocenters. The highest BCUT2D eigenvalue weighted by atomic mass is 16.2. The average Bonchev–Trinajstić information content (AvgIpc) is 2.75. The number of carbonyl (C=O) groups is 2. The van der Waals surface area contributed by atoms with Crippen molar-refractivity contribution in [3.63, 3.8) is 0 Å². The van der Waals surface area contributed by atoms with Gasteiger partial charge in [-0.1, -0.05) is 0 Å². The number of likely N-dealkylation sites (N-methyl/N-ethyl adjacent to an activating group) is 2. The highest BCUT2D eigenvalue weighted by Crippen LogP contribution is 2.16. The summed E-state index contributed by atoms with van der Waals surface area (Å²) >= 11 is 0. The van der Waals surface area contributed by atoms with E-state index >= 15 is 0 Å². The van der Waals surface area contributed by atoms with Crippen LogP contribution in [0.2, 0.25) is 0 Å². The SMILES string of the molecule is CN1CCN(c2nccc(/C=C3/C(=O)NC(=O)N3C)n2)CC1. The minimum absolute atomic E-state index is 0.285. The van der Waals surface area contributed by atoms with E-state index in [2.05, 4.69) is 32.1 Å². The molecule has 1 N–H and O–H groups in total. The number of anilines is 1. The summed E-state index contributed by atoms with van der Waals surface area (Å²) in [5.74, 6) is 0.238. The third-order valence-electron chi connectivity index (χ3n) is 3.85. The fourth-order valence-corrected chi connectivity index (χ4v) is 2.41. The normalized spacial score (nSPS) is 21.6. The Bertz CT molecular complexity index is 636. The van der Waals surface area contributed by atoms with Gasteiger partial charge < -0.3 is 9.80 Å². The highest BCUT2D eigenvalue weighted by molar-refractivity contribution is 6.13. The molecule has 116 valence electrons. The monoisotopic (exact) mass is 302 g/mol. The summed E-state index contributed by atoms with van der Waals surface area (Å²) in [4.78, 5) is 37.6. The zero-order valence-corrected chi connectivity index (χ0v) is 12.6. The Labute approximate surface area is 128 Å². The number of aromatic nitrogens is 2. The Balaban J connectivity index is 1.83. The van der Waals surface area contributed by atoms with Crippen molar-refractivity contribution in [3.8, 4) is 0 Å². The third kappa shape index (κ3) is 2.77. The first kappa shape index (κ1) is 14.5. The summed E-state index contributed by atoms with van der Waals surface area (Å²) in [6.07, 6.45) is 3.27. The van der Waals surface area contributed by atoms with Crippen molar-refractivity contribution in [2.45, 2.75) is 0 Å². The number of hydrogen-bond acceptors (Lipinski definition) is 6. The van der Waals surface area contributed by atoms with Crippen LogP contribution in [-0.4, -0.2) is 72.0 Å². The number of amides is 3. The largest absolute Gasteiger partial charge is 0.338 e. The van der Waals surface area contributed by atoms with Crippen LogP contribution < -0.4 is 10.2 Å². The molecule has 2 aliphatic heterocycles. The molecule has 3 amide bonds. The number of carbonyl (C=O) groups excluding carboxylic acids is 2. The van der Waals surface area contributed by atoms with Gasteiger partial charge in [-0.2, -0.15) is 0 Å². The van der Waals surface area contributed by atoms with Gasteiger partial charge in [-0.05, 0) is 19.2 Å². The van der Waals surface area contributed by atoms with Crippen LogP contribution in [-0.2, 0) is 4.79 Å². The number of nitrogens with one attached hydrogen (secondary N) is 1. The van der Waals surface area contributed by atoms with Crippen molar-refractivity contribution < 1.29 is 9.59 Å². The van der Waals surface area contributed by atoms with E-state index in [1.807, 2.05) is 0 Å². The standard InChI is InChI=1S/C14H18N6O2/c1-18-5-7-20(8-6-18)13-15-4-3-10(16-13)9-11-12(21)17-14(22)19(11)2/h3-4,9H,5-8H2,1-2H3,(H,17,21,22)/b11-9-. The first-order chi connectivity index (χ1) is 10.5. The highest BCUT2D eigenvalue weighted by Gasteiger charge is 2.29. The van der Waals surface area contributed by atoms with Gasteiger partial charge in [0.25, 0.3) is 5.91 Å². The molecule has 8 heteroatoms. The molecule has 0 spiro atoms. The molecule has 0 bridgehead atoms. The lowest BCUT2D eigenvalue weighted by molar-refractivity contribution is -0.115. The summed E-state index contributed by atoms with van der Waals surface area (Å²) in [6.45, 7) is 3.67. The summed E-state index contributed by atoms with van der Waals surface area (Å²) in [7, 11) is 3.64. The Morgan fingerprint density at radius 2 is 1.91 bits per heavy atom. The van der Waals surface area contributed by atoms with Crippen LogP contribution in [0.3, 0.4) is 0 Å². The molecule has 1 aromatic heterocycles. The Morgan fingerprint density at radius 1 is 1.18 bits per heavy atom. The van der Waals surface area contributed by atoms with Crippen LogP contribution in [0.15, 0.2) is 18.0 Å². The van der Waals surface area contributed by atoms with Crippen molar-refractivity contribution in [1.82, 2.24) is 25.1 Å². The molecule has 0 atom stereocenters. The molecule has 0 radical (unpaired) electrons. The van der Waals surface area contributed by atoms with Crippen LogP contribution >= 0.6 is 0 Å². The smallest absolute Gasteiger partial charge is 0.328 e. The van der Waals surface area contributed by atoms with Gasteiger partial charge in [0.05, 0.1) is 5.69 Å². The maximum atomic E-state index is 11.7. The maximum absolute atomic E-state index is 11.7. The molecule has 8 nitrogen and oxygen atoms in total. The van der Waals surface area contributed by atoms with Gasteiger partial charge in [0.1, 0.15) is 5.70 Å². The van der Waals surface area contributed by atoms with Crippen LogP contribution in [0.25, 0.3) is 6.08 Å². The first-order valence-electron chi connectivity index (χ1n) is 7.12. The van der Waals surface area contributed by atoms with Crippen molar-refractivity contribution in [2.24, 2.45) is 0 Å². The minimum atomic E-state index is -0.426. The fourth-order valence-electron chi connectivity index (χ4n) is 2.41. The number of urea groups is 1. The lowest BCUT2D eigenvalue weighted by Gasteiger charge is -2.32. The predicted molar refractivity (Wildman–Crippen MR) is 81.0 cm³/mol. The predicted octanol–water partition coefficient (Wildman–Crippen LogP) is -0.249. The maximum Gasteiger partial charge on any atom is 0.328 e. The summed E-state index contributed by atoms with van der Waals surface area (Å²) < 4.78 is 0. The van der Waals surface area contributed by atoms with Crippen molar-refractivity contribution in [2.75, 3.05) is 45.2 Å². The lowest BCUT2D eigenvalue weighted by Crippen LogP contribution is -2.45. The first-order valence-corrected chi connectivity index (χ1v) is 7.12. The quantitative estimate of drug-likeness (QED) is 0.599. The molecule has 0 saturated carbocycles. The average molecular weight is 302 g/mol. The molecular weight excluding hydrogens is 284 g/mol. The molecule has 2 aliphatic rings. The van der Waals surface area contributed by atoms with Crippen LogP contribution in [0.4, 0.5) is 10.7 Å². The van der Waals surface area contributed by atoms with E-state index < -0.39 is 11.9 Å². The van der Waals surface area contributed by atoms with Crippen LogP contribution in [0.1, 0.15) is 5.69 Å². The van der Waals surface area contributed by atoms with Gasteiger partial charge >= 0.3 is 6.03 Å². The topological polar surface area (TPSA) is 81.7 Å². The van der Waals surface area contributed by atoms with E-state index in [1.165, 1.54) is 4.90 Å². The molecule has 2 saturated heterocycles. The number of hydrogen-bond donors (Lipinski definition) is 1. The van der Waals surface area contributed by atoms with Gasteiger partial charge in [-0.15, -0.1) is 0 Å². The molecule has 0 aliphatic carbocycles. The van der Waals surface area contributed by atoms with Gasteiger partial charge in [-0.25, -0.2) is 14.8 Å². The van der Waals surface area contributed by atoms with Gasteiger partial charge in [0.15, 0.2) is 0 Å². The van der Waals surface area contributed by atoms with Crippen molar-refractivity contribution in [1.29, 1.82) is 0 Å². The Kier molecular flexibility index (Phi) is 3.76. The van der Waals surface area contributed by atoms with E-state index in [1.54, 1.807) is 25.4 Å². The van der Waals surface area contributed by atoms with Crippen molar-refractivity contribution >= 4 is 24.0 Å². The zero-order valence-electron chi connectivity index (χ0n) is 12.6. The van der Waals surface area contributed by atoms with Gasteiger partial charge in [0.2, 0.25) is 5.95 Å². The van der Waals surface area contributed by atoms with Crippen LogP contribution in [0, 0.1) is 0 Å². The Hall–Kier alpha value is -2.48. The number of imide groups is 1. The van der Waals surface area contributed by atoms with E-state index in [9.17, 15) is 9.59 Å². The molecular formula is C14H18N6O2. The van der Waals surface area contributed by atoms with E-state index in [0.717, 1.165) is 26.2 Å². The van der Waals surface area contributed by atoms with Crippen molar-refractivity contribution in [3.05, 3.63) is 23.7 Å². The summed E-state index contributed by atoms with van der Waals surface area (Å²) in [6, 6.07) is 1.29. The third-order valence-corrected chi connectivity index (χ3v) is 3.85. The number of rotatable bonds is 2. The second-order valence-corrected chi connectivity index (χ2v) is 5.42. The summed E-state index contributed by atoms with van der Waals surface area (Å²) in [5.41, 5.74) is 0.892. The fraction of sp³-hybridized carbons (Fsp3) is 0.429. The molecule has 0 aromatic carbocycles. The van der Waals surface area contributed by atoms with Gasteiger partial charge in [0, 0.05) is 39.4 Å². The zero-order chi connectivity index (χ0) is 15.7. The lowest BCUT2D eigenvalue weighted by atomic mass is 10.3. The summed E-state index contributed by atoms with van der Waals surface area (Å²) in [5, 5.41) is 2.24. The molecule has 1 aromatic rings. The molecule has 3 heterocycles. The van der Waals surface area contributed by atoms with E-state index in [0.29, 0.717) is 11.6 Å². The number of piperazine rings is 1. The second kappa shape index (κ2) is 5.72. The van der Waals surface area contributed by atoms with Crippen LogP contribution in [0.5, 0.6) is 0 Å². The molecule has 3 rings (SSSR count). The molecule has 22 heavy (non-hydrogen) atoms. The van der Waals surface area contributed by atoms with E-state index in [4.69, 9.17) is 0 Å². The van der Waals surface area contributed by atoms with E-state index in [-0.39, 0.29) is 5.70 Å².